The Morgan fingerprint density at radius 3 is 2.95 bits per heavy atom. The van der Waals surface area contributed by atoms with Crippen molar-refractivity contribution in [2.75, 3.05) is 20.2 Å². The van der Waals surface area contributed by atoms with E-state index in [1.54, 1.807) is 13.3 Å². The number of methoxy groups -OCH3 is 1. The van der Waals surface area contributed by atoms with Crippen LogP contribution in [0.1, 0.15) is 19.4 Å². The third kappa shape index (κ3) is 4.40. The van der Waals surface area contributed by atoms with Crippen LogP contribution in [0, 0.1) is 5.92 Å². The molecule has 0 fully saturated rings. The van der Waals surface area contributed by atoms with Gasteiger partial charge in [0.15, 0.2) is 0 Å². The zero-order chi connectivity index (χ0) is 14.3. The molecule has 106 valence electrons. The van der Waals surface area contributed by atoms with Crippen molar-refractivity contribution in [2.45, 2.75) is 20.4 Å². The molecule has 0 bridgehead atoms. The number of nitrogens with zero attached hydrogens (tertiary/aromatic N) is 3. The van der Waals surface area contributed by atoms with E-state index in [0.29, 0.717) is 12.4 Å². The second-order valence-corrected chi connectivity index (χ2v) is 4.43. The van der Waals surface area contributed by atoms with Gasteiger partial charge in [0.1, 0.15) is 5.84 Å². The summed E-state index contributed by atoms with van der Waals surface area (Å²) in [5, 5.41) is 11.7. The molecule has 1 rings (SSSR count). The molecule has 0 aromatic carbocycles. The smallest absolute Gasteiger partial charge is 0.217 e. The monoisotopic (exact) mass is 266 g/mol. The number of hydrogen-bond acceptors (Lipinski definition) is 5. The highest BCUT2D eigenvalue weighted by Gasteiger charge is 2.14. The standard InChI is InChI=1S/C13H22N4O2/c1-4-17(8-10(2)12(14)16-18)9-11-6-5-7-15-13(11)19-3/h5-7,10,18H,4,8-9H2,1-3H3,(H2,14,16). The third-order valence-corrected chi connectivity index (χ3v) is 3.04. The third-order valence-electron chi connectivity index (χ3n) is 3.04. The first-order valence-electron chi connectivity index (χ1n) is 6.30. The summed E-state index contributed by atoms with van der Waals surface area (Å²) in [6, 6.07) is 3.88. The molecule has 0 spiro atoms. The van der Waals surface area contributed by atoms with E-state index in [4.69, 9.17) is 15.7 Å². The Morgan fingerprint density at radius 2 is 2.37 bits per heavy atom. The van der Waals surface area contributed by atoms with Crippen LogP contribution in [0.5, 0.6) is 5.88 Å². The second-order valence-electron chi connectivity index (χ2n) is 4.43. The maximum Gasteiger partial charge on any atom is 0.217 e. The molecule has 0 aliphatic heterocycles. The Labute approximate surface area is 113 Å². The number of rotatable bonds is 7. The van der Waals surface area contributed by atoms with Gasteiger partial charge in [-0.3, -0.25) is 4.90 Å². The number of nitrogens with two attached hydrogens (primary N) is 1. The number of amidine groups is 1. The summed E-state index contributed by atoms with van der Waals surface area (Å²) >= 11 is 0. The highest BCUT2D eigenvalue weighted by molar-refractivity contribution is 5.82. The molecule has 6 heteroatoms. The minimum Gasteiger partial charge on any atom is -0.481 e. The van der Waals surface area contributed by atoms with Gasteiger partial charge in [0.25, 0.3) is 0 Å². The lowest BCUT2D eigenvalue weighted by molar-refractivity contribution is 0.253. The fourth-order valence-electron chi connectivity index (χ4n) is 1.85. The summed E-state index contributed by atoms with van der Waals surface area (Å²) < 4.78 is 5.24. The van der Waals surface area contributed by atoms with Crippen LogP contribution in [0.15, 0.2) is 23.5 Å². The molecular formula is C13H22N4O2. The lowest BCUT2D eigenvalue weighted by Crippen LogP contribution is -2.34. The molecule has 3 N–H and O–H groups in total. The van der Waals surface area contributed by atoms with Crippen molar-refractivity contribution in [1.82, 2.24) is 9.88 Å². The summed E-state index contributed by atoms with van der Waals surface area (Å²) in [6.07, 6.45) is 1.71. The molecule has 0 amide bonds. The van der Waals surface area contributed by atoms with E-state index >= 15 is 0 Å². The lowest BCUT2D eigenvalue weighted by atomic mass is 10.1. The van der Waals surface area contributed by atoms with Gasteiger partial charge in [-0.15, -0.1) is 0 Å². The summed E-state index contributed by atoms with van der Waals surface area (Å²) in [4.78, 5) is 6.37. The van der Waals surface area contributed by atoms with E-state index in [0.717, 1.165) is 18.7 Å². The zero-order valence-corrected chi connectivity index (χ0v) is 11.7. The molecule has 0 aliphatic rings. The number of oxime groups is 1. The molecule has 1 aromatic heterocycles. The van der Waals surface area contributed by atoms with Crippen LogP contribution >= 0.6 is 0 Å². The topological polar surface area (TPSA) is 84.0 Å². The Hall–Kier alpha value is -1.82. The van der Waals surface area contributed by atoms with E-state index in [-0.39, 0.29) is 11.8 Å². The van der Waals surface area contributed by atoms with Gasteiger partial charge in [0.2, 0.25) is 5.88 Å². The summed E-state index contributed by atoms with van der Waals surface area (Å²) in [5.41, 5.74) is 6.63. The van der Waals surface area contributed by atoms with Crippen LogP contribution in [-0.2, 0) is 6.54 Å². The van der Waals surface area contributed by atoms with Gasteiger partial charge < -0.3 is 15.7 Å². The van der Waals surface area contributed by atoms with Crippen molar-refractivity contribution in [3.05, 3.63) is 23.9 Å². The average molecular weight is 266 g/mol. The SMILES string of the molecule is CCN(Cc1cccnc1OC)CC(C)C(N)=NO. The van der Waals surface area contributed by atoms with Crippen molar-refractivity contribution in [2.24, 2.45) is 16.8 Å². The molecular weight excluding hydrogens is 244 g/mol. The minimum atomic E-state index is -0.00684. The largest absolute Gasteiger partial charge is 0.481 e. The summed E-state index contributed by atoms with van der Waals surface area (Å²) in [5.74, 6) is 0.876. The highest BCUT2D eigenvalue weighted by Crippen LogP contribution is 2.16. The predicted molar refractivity (Wildman–Crippen MR) is 74.3 cm³/mol. The normalized spacial score (nSPS) is 13.6. The van der Waals surface area contributed by atoms with Gasteiger partial charge in [-0.05, 0) is 12.6 Å². The first-order valence-corrected chi connectivity index (χ1v) is 6.30. The fraction of sp³-hybridized carbons (Fsp3) is 0.538. The zero-order valence-electron chi connectivity index (χ0n) is 11.7. The Morgan fingerprint density at radius 1 is 1.63 bits per heavy atom. The van der Waals surface area contributed by atoms with E-state index in [2.05, 4.69) is 22.0 Å². The number of pyridine rings is 1. The van der Waals surface area contributed by atoms with Gasteiger partial charge in [-0.1, -0.05) is 25.1 Å². The second kappa shape index (κ2) is 7.58. The van der Waals surface area contributed by atoms with Crippen molar-refractivity contribution in [3.8, 4) is 5.88 Å². The quantitative estimate of drug-likeness (QED) is 0.336. The molecule has 0 saturated heterocycles. The van der Waals surface area contributed by atoms with Crippen LogP contribution in [0.4, 0.5) is 0 Å². The van der Waals surface area contributed by atoms with Gasteiger partial charge in [-0.25, -0.2) is 4.98 Å². The van der Waals surface area contributed by atoms with Gasteiger partial charge in [-0.2, -0.15) is 0 Å². The molecule has 19 heavy (non-hydrogen) atoms. The molecule has 6 nitrogen and oxygen atoms in total. The molecule has 0 saturated carbocycles. The summed E-state index contributed by atoms with van der Waals surface area (Å²) in [7, 11) is 1.61. The van der Waals surface area contributed by atoms with Gasteiger partial charge >= 0.3 is 0 Å². The molecule has 0 radical (unpaired) electrons. The average Bonchev–Trinajstić information content (AvgIpc) is 2.45. The molecule has 0 aliphatic carbocycles. The first kappa shape index (κ1) is 15.2. The number of ether oxygens (including phenoxy) is 1. The Kier molecular flexibility index (Phi) is 6.08. The van der Waals surface area contributed by atoms with Crippen molar-refractivity contribution < 1.29 is 9.94 Å². The fourth-order valence-corrected chi connectivity index (χ4v) is 1.85. The first-order chi connectivity index (χ1) is 9.12. The van der Waals surface area contributed by atoms with Crippen LogP contribution in [0.3, 0.4) is 0 Å². The molecule has 1 aromatic rings. The predicted octanol–water partition coefficient (Wildman–Crippen LogP) is 1.29. The Balaban J connectivity index is 2.71. The van der Waals surface area contributed by atoms with Crippen LogP contribution in [0.2, 0.25) is 0 Å². The molecule has 1 heterocycles. The van der Waals surface area contributed by atoms with Gasteiger partial charge in [0.05, 0.1) is 7.11 Å². The molecule has 1 unspecified atom stereocenters. The number of aromatic nitrogens is 1. The maximum atomic E-state index is 8.68. The van der Waals surface area contributed by atoms with E-state index < -0.39 is 0 Å². The summed E-state index contributed by atoms with van der Waals surface area (Å²) in [6.45, 7) is 6.29. The minimum absolute atomic E-state index is 0.00684. The highest BCUT2D eigenvalue weighted by atomic mass is 16.5. The van der Waals surface area contributed by atoms with Gasteiger partial charge in [0, 0.05) is 30.8 Å². The van der Waals surface area contributed by atoms with Crippen LogP contribution in [0.25, 0.3) is 0 Å². The number of hydrogen-bond donors (Lipinski definition) is 2. The molecule has 1 atom stereocenters. The van der Waals surface area contributed by atoms with Crippen molar-refractivity contribution >= 4 is 5.84 Å². The van der Waals surface area contributed by atoms with E-state index in [9.17, 15) is 0 Å². The van der Waals surface area contributed by atoms with Crippen molar-refractivity contribution in [1.29, 1.82) is 0 Å². The Bertz CT molecular complexity index is 423. The van der Waals surface area contributed by atoms with E-state index in [1.807, 2.05) is 19.1 Å². The maximum absolute atomic E-state index is 8.68. The lowest BCUT2D eigenvalue weighted by Gasteiger charge is -2.24. The van der Waals surface area contributed by atoms with Crippen LogP contribution in [-0.4, -0.2) is 41.1 Å². The van der Waals surface area contributed by atoms with Crippen LogP contribution < -0.4 is 10.5 Å². The van der Waals surface area contributed by atoms with Crippen molar-refractivity contribution in [3.63, 3.8) is 0 Å². The van der Waals surface area contributed by atoms with E-state index in [1.165, 1.54) is 0 Å².